The third-order valence-electron chi connectivity index (χ3n) is 2.58. The number of anilines is 1. The molecule has 2 N–H and O–H groups in total. The van der Waals surface area contributed by atoms with E-state index in [0.29, 0.717) is 25.2 Å². The third-order valence-corrected chi connectivity index (χ3v) is 2.58. The molecule has 0 spiro atoms. The van der Waals surface area contributed by atoms with E-state index in [9.17, 15) is 4.79 Å². The number of aromatic nitrogens is 3. The number of imidazole rings is 1. The van der Waals surface area contributed by atoms with E-state index in [-0.39, 0.29) is 6.42 Å². The number of carboxylic acid groups (broad SMARTS) is 1. The summed E-state index contributed by atoms with van der Waals surface area (Å²) in [5.41, 5.74) is 1.43. The molecule has 0 amide bonds. The number of nitrogens with one attached hydrogen (secondary N) is 1. The predicted molar refractivity (Wildman–Crippen MR) is 69.3 cm³/mol. The lowest BCUT2D eigenvalue weighted by molar-refractivity contribution is -0.136. The smallest absolute Gasteiger partial charge is 0.303 e. The Morgan fingerprint density at radius 1 is 1.53 bits per heavy atom. The maximum Gasteiger partial charge on any atom is 0.303 e. The third kappa shape index (κ3) is 3.65. The molecule has 0 saturated carbocycles. The van der Waals surface area contributed by atoms with E-state index in [4.69, 9.17) is 9.84 Å². The van der Waals surface area contributed by atoms with Gasteiger partial charge in [-0.1, -0.05) is 0 Å². The molecule has 0 aliphatic carbocycles. The molecule has 102 valence electrons. The average Bonchev–Trinajstić information content (AvgIpc) is 2.79. The molecule has 0 aliphatic heterocycles. The Hall–Kier alpha value is -2.15. The second kappa shape index (κ2) is 6.14. The van der Waals surface area contributed by atoms with E-state index in [0.717, 1.165) is 11.5 Å². The van der Waals surface area contributed by atoms with Gasteiger partial charge < -0.3 is 15.2 Å². The number of hydrogen-bond acceptors (Lipinski definition) is 5. The lowest BCUT2D eigenvalue weighted by Crippen LogP contribution is -2.09. The van der Waals surface area contributed by atoms with E-state index in [1.54, 1.807) is 17.8 Å². The normalized spacial score (nSPS) is 10.8. The summed E-state index contributed by atoms with van der Waals surface area (Å²) < 4.78 is 6.59. The summed E-state index contributed by atoms with van der Waals surface area (Å²) in [6.45, 7) is 1.28. The molecule has 2 rings (SSSR count). The van der Waals surface area contributed by atoms with Crippen LogP contribution in [0.4, 0.5) is 5.82 Å². The van der Waals surface area contributed by atoms with Crippen molar-refractivity contribution in [3.63, 3.8) is 0 Å². The molecule has 0 bridgehead atoms. The maximum absolute atomic E-state index is 10.5. The molecule has 2 aromatic rings. The zero-order valence-electron chi connectivity index (χ0n) is 10.7. The molecule has 0 radical (unpaired) electrons. The topological polar surface area (TPSA) is 88.8 Å². The fraction of sp³-hybridized carbons (Fsp3) is 0.417. The average molecular weight is 264 g/mol. The number of rotatable bonds is 7. The van der Waals surface area contributed by atoms with Crippen LogP contribution in [0.2, 0.25) is 0 Å². The van der Waals surface area contributed by atoms with Crippen molar-refractivity contribution in [2.75, 3.05) is 25.6 Å². The summed E-state index contributed by atoms with van der Waals surface area (Å²) >= 11 is 0. The number of aliphatic carboxylic acids is 1. The molecule has 7 nitrogen and oxygen atoms in total. The Morgan fingerprint density at radius 2 is 2.37 bits per heavy atom. The van der Waals surface area contributed by atoms with Crippen LogP contribution in [0.3, 0.4) is 0 Å². The molecular formula is C12H16N4O3. The summed E-state index contributed by atoms with van der Waals surface area (Å²) in [6, 6.07) is 3.67. The van der Waals surface area contributed by atoms with Crippen LogP contribution in [-0.2, 0) is 16.0 Å². The molecule has 2 aromatic heterocycles. The van der Waals surface area contributed by atoms with E-state index in [2.05, 4.69) is 15.4 Å². The molecule has 0 aliphatic rings. The molecule has 2 heterocycles. The van der Waals surface area contributed by atoms with Crippen molar-refractivity contribution in [2.24, 2.45) is 0 Å². The van der Waals surface area contributed by atoms with Gasteiger partial charge in [0.2, 0.25) is 0 Å². The number of nitrogens with zero attached hydrogens (tertiary/aromatic N) is 3. The first-order valence-corrected chi connectivity index (χ1v) is 5.99. The largest absolute Gasteiger partial charge is 0.481 e. The van der Waals surface area contributed by atoms with E-state index >= 15 is 0 Å². The number of hydrogen-bond donors (Lipinski definition) is 2. The first-order valence-electron chi connectivity index (χ1n) is 5.99. The van der Waals surface area contributed by atoms with Crippen molar-refractivity contribution >= 4 is 17.4 Å². The van der Waals surface area contributed by atoms with Gasteiger partial charge in [0.15, 0.2) is 5.65 Å². The van der Waals surface area contributed by atoms with Gasteiger partial charge in [0.05, 0.1) is 24.9 Å². The highest BCUT2D eigenvalue weighted by molar-refractivity contribution is 5.67. The Kier molecular flexibility index (Phi) is 4.30. The molecular weight excluding hydrogens is 248 g/mol. The first-order chi connectivity index (χ1) is 9.19. The van der Waals surface area contributed by atoms with Crippen LogP contribution >= 0.6 is 0 Å². The monoisotopic (exact) mass is 264 g/mol. The Labute approximate surface area is 110 Å². The van der Waals surface area contributed by atoms with Crippen LogP contribution in [0.1, 0.15) is 12.1 Å². The van der Waals surface area contributed by atoms with Gasteiger partial charge in [-0.3, -0.25) is 4.79 Å². The van der Waals surface area contributed by atoms with Crippen LogP contribution in [0.25, 0.3) is 5.65 Å². The highest BCUT2D eigenvalue weighted by Crippen LogP contribution is 2.09. The van der Waals surface area contributed by atoms with Gasteiger partial charge in [0, 0.05) is 20.1 Å². The fourth-order valence-corrected chi connectivity index (χ4v) is 1.66. The van der Waals surface area contributed by atoms with Crippen molar-refractivity contribution in [3.8, 4) is 0 Å². The number of methoxy groups -OCH3 is 1. The second-order valence-electron chi connectivity index (χ2n) is 4.07. The van der Waals surface area contributed by atoms with Crippen molar-refractivity contribution in [2.45, 2.75) is 12.8 Å². The van der Waals surface area contributed by atoms with Crippen molar-refractivity contribution < 1.29 is 14.6 Å². The van der Waals surface area contributed by atoms with Gasteiger partial charge in [0.1, 0.15) is 5.82 Å². The van der Waals surface area contributed by atoms with E-state index < -0.39 is 5.97 Å². The molecule has 7 heteroatoms. The minimum atomic E-state index is -0.827. The van der Waals surface area contributed by atoms with Crippen LogP contribution in [0.5, 0.6) is 0 Å². The van der Waals surface area contributed by atoms with Crippen LogP contribution in [0.15, 0.2) is 18.3 Å². The number of fused-ring (bicyclic) bond motifs is 1. The Morgan fingerprint density at radius 3 is 3.11 bits per heavy atom. The van der Waals surface area contributed by atoms with Crippen molar-refractivity contribution in [1.82, 2.24) is 14.6 Å². The zero-order chi connectivity index (χ0) is 13.7. The zero-order valence-corrected chi connectivity index (χ0v) is 10.7. The van der Waals surface area contributed by atoms with Gasteiger partial charge in [-0.25, -0.2) is 9.50 Å². The highest BCUT2D eigenvalue weighted by atomic mass is 16.5. The lowest BCUT2D eigenvalue weighted by atomic mass is 10.2. The summed E-state index contributed by atoms with van der Waals surface area (Å²) in [5, 5.41) is 16.1. The van der Waals surface area contributed by atoms with Crippen molar-refractivity contribution in [1.29, 1.82) is 0 Å². The molecule has 0 aromatic carbocycles. The van der Waals surface area contributed by atoms with Crippen LogP contribution < -0.4 is 5.32 Å². The predicted octanol–water partition coefficient (Wildman–Crippen LogP) is 0.805. The molecule has 0 saturated heterocycles. The summed E-state index contributed by atoms with van der Waals surface area (Å²) in [7, 11) is 1.64. The van der Waals surface area contributed by atoms with Gasteiger partial charge >= 0.3 is 5.97 Å². The van der Waals surface area contributed by atoms with E-state index in [1.807, 2.05) is 12.1 Å². The maximum atomic E-state index is 10.5. The van der Waals surface area contributed by atoms with Crippen molar-refractivity contribution in [3.05, 3.63) is 24.0 Å². The molecule has 19 heavy (non-hydrogen) atoms. The fourth-order valence-electron chi connectivity index (χ4n) is 1.66. The SMILES string of the molecule is COCCNc1ccc2nc(CCC(=O)O)cn2n1. The quantitative estimate of drug-likeness (QED) is 0.719. The van der Waals surface area contributed by atoms with Crippen LogP contribution in [0, 0.1) is 0 Å². The van der Waals surface area contributed by atoms with Gasteiger partial charge in [-0.05, 0) is 12.1 Å². The lowest BCUT2D eigenvalue weighted by Gasteiger charge is -2.04. The summed E-state index contributed by atoms with van der Waals surface area (Å²) in [6.07, 6.45) is 2.23. The van der Waals surface area contributed by atoms with E-state index in [1.165, 1.54) is 0 Å². The molecule has 0 atom stereocenters. The summed E-state index contributed by atoms with van der Waals surface area (Å²) in [5.74, 6) is -0.0985. The van der Waals surface area contributed by atoms with Crippen LogP contribution in [-0.4, -0.2) is 45.9 Å². The minimum absolute atomic E-state index is 0.0722. The summed E-state index contributed by atoms with van der Waals surface area (Å²) in [4.78, 5) is 14.8. The number of aryl methyl sites for hydroxylation is 1. The number of ether oxygens (including phenoxy) is 1. The van der Waals surface area contributed by atoms with Gasteiger partial charge in [0.25, 0.3) is 0 Å². The van der Waals surface area contributed by atoms with Gasteiger partial charge in [-0.15, -0.1) is 5.10 Å². The molecule has 0 fully saturated rings. The number of carboxylic acids is 1. The standard InChI is InChI=1S/C12H16N4O3/c1-19-7-6-13-10-3-4-11-14-9(2-5-12(17)18)8-16(11)15-10/h3-4,8H,2,5-7H2,1H3,(H,13,15)(H,17,18). The first kappa shape index (κ1) is 13.3. The highest BCUT2D eigenvalue weighted by Gasteiger charge is 2.05. The second-order valence-corrected chi connectivity index (χ2v) is 4.07. The number of carbonyl (C=O) groups is 1. The Balaban J connectivity index is 2.07. The van der Waals surface area contributed by atoms with Gasteiger partial charge in [-0.2, -0.15) is 0 Å². The Bertz CT molecular complexity index is 567. The minimum Gasteiger partial charge on any atom is -0.481 e. The molecule has 0 unspecified atom stereocenters.